The molecule has 1 aromatic rings. The number of rotatable bonds is 4. The fourth-order valence-corrected chi connectivity index (χ4v) is 2.10. The Kier molecular flexibility index (Phi) is 4.30. The molecule has 1 aliphatic rings. The van der Waals surface area contributed by atoms with Crippen LogP contribution in [0, 0.1) is 0 Å². The molecule has 0 heterocycles. The molecule has 21 heavy (non-hydrogen) atoms. The van der Waals surface area contributed by atoms with E-state index in [2.05, 4.69) is 10.9 Å². The van der Waals surface area contributed by atoms with Crippen LogP contribution in [0.15, 0.2) is 41.6 Å². The summed E-state index contributed by atoms with van der Waals surface area (Å²) >= 11 is 0. The van der Waals surface area contributed by atoms with Gasteiger partial charge in [0, 0.05) is 16.8 Å². The summed E-state index contributed by atoms with van der Waals surface area (Å²) in [6, 6.07) is 8.22. The summed E-state index contributed by atoms with van der Waals surface area (Å²) in [7, 11) is 0. The number of allylic oxidation sites excluding steroid dienone is 2. The first-order valence-electron chi connectivity index (χ1n) is 6.34. The topological polar surface area (TPSA) is 58.2 Å². The predicted molar refractivity (Wildman–Crippen MR) is 69.0 cm³/mol. The first-order valence-corrected chi connectivity index (χ1v) is 6.34. The number of carbonyl (C=O) groups excluding carboxylic acids is 2. The molecule has 0 aromatic heterocycles. The van der Waals surface area contributed by atoms with Gasteiger partial charge in [0.25, 0.3) is 11.7 Å². The first-order chi connectivity index (χ1) is 9.89. The fraction of sp³-hybridized carbons (Fsp3) is 0.286. The maximum absolute atomic E-state index is 12.4. The second-order valence-corrected chi connectivity index (χ2v) is 4.58. The molecule has 0 atom stereocenters. The molecule has 0 saturated carbocycles. The quantitative estimate of drug-likeness (QED) is 0.840. The van der Waals surface area contributed by atoms with E-state index >= 15 is 0 Å². The Morgan fingerprint density at radius 1 is 1.05 bits per heavy atom. The van der Waals surface area contributed by atoms with Gasteiger partial charge in [-0.3, -0.25) is 15.0 Å². The normalized spacial score (nSPS) is 15.0. The summed E-state index contributed by atoms with van der Waals surface area (Å²) in [4.78, 5) is 23.0. The number of carbonyl (C=O) groups is 2. The molecule has 7 heteroatoms. The molecule has 2 rings (SSSR count). The van der Waals surface area contributed by atoms with Gasteiger partial charge >= 0.3 is 6.18 Å². The second-order valence-electron chi connectivity index (χ2n) is 4.58. The minimum atomic E-state index is -4.89. The molecule has 2 N–H and O–H groups in total. The van der Waals surface area contributed by atoms with Crippen LogP contribution in [0.4, 0.5) is 13.2 Å². The summed E-state index contributed by atoms with van der Waals surface area (Å²) in [6.45, 7) is 0. The van der Waals surface area contributed by atoms with Gasteiger partial charge in [0.15, 0.2) is 0 Å². The number of benzene rings is 1. The van der Waals surface area contributed by atoms with Gasteiger partial charge in [-0.2, -0.15) is 13.2 Å². The predicted octanol–water partition coefficient (Wildman–Crippen LogP) is 2.49. The Hall–Kier alpha value is -2.31. The third-order valence-electron chi connectivity index (χ3n) is 3.11. The number of Topliss-reactive ketones (excluding diaryl/α,β-unsaturated/α-hetero) is 1. The van der Waals surface area contributed by atoms with Gasteiger partial charge in [-0.1, -0.05) is 18.2 Å². The number of halogens is 3. The smallest absolute Gasteiger partial charge is 0.302 e. The van der Waals surface area contributed by atoms with Crippen LogP contribution in [0.3, 0.4) is 0 Å². The van der Waals surface area contributed by atoms with Crippen molar-refractivity contribution in [2.24, 2.45) is 0 Å². The number of ketones is 1. The standard InChI is InChI=1S/C14H13F3N2O2/c15-14(16,17)12(20)10-7-4-8-11(10)18-19-13(21)9-5-2-1-3-6-9/h1-3,5-6,18H,4,7-8H2,(H,19,21). The summed E-state index contributed by atoms with van der Waals surface area (Å²) in [5.74, 6) is -2.33. The number of hydrogen-bond acceptors (Lipinski definition) is 3. The highest BCUT2D eigenvalue weighted by Crippen LogP contribution is 2.30. The van der Waals surface area contributed by atoms with Crippen molar-refractivity contribution < 1.29 is 22.8 Å². The highest BCUT2D eigenvalue weighted by Gasteiger charge is 2.42. The number of hydrogen-bond donors (Lipinski definition) is 2. The third kappa shape index (κ3) is 3.62. The first kappa shape index (κ1) is 15.1. The van der Waals surface area contributed by atoms with Crippen LogP contribution in [0.2, 0.25) is 0 Å². The van der Waals surface area contributed by atoms with Crippen molar-refractivity contribution in [3.05, 3.63) is 47.2 Å². The Labute approximate surface area is 119 Å². The maximum Gasteiger partial charge on any atom is 0.454 e. The van der Waals surface area contributed by atoms with E-state index in [0.29, 0.717) is 18.4 Å². The molecule has 0 aliphatic heterocycles. The molecule has 0 unspecified atom stereocenters. The molecule has 0 radical (unpaired) electrons. The van der Waals surface area contributed by atoms with Gasteiger partial charge in [0.1, 0.15) is 0 Å². The Morgan fingerprint density at radius 2 is 1.71 bits per heavy atom. The van der Waals surface area contributed by atoms with Gasteiger partial charge < -0.3 is 5.43 Å². The van der Waals surface area contributed by atoms with E-state index in [0.717, 1.165) is 0 Å². The Morgan fingerprint density at radius 3 is 2.33 bits per heavy atom. The second kappa shape index (κ2) is 5.99. The van der Waals surface area contributed by atoms with Crippen LogP contribution >= 0.6 is 0 Å². The van der Waals surface area contributed by atoms with Gasteiger partial charge in [-0.25, -0.2) is 0 Å². The zero-order valence-electron chi connectivity index (χ0n) is 11.0. The highest BCUT2D eigenvalue weighted by atomic mass is 19.4. The average Bonchev–Trinajstić information content (AvgIpc) is 2.92. The van der Waals surface area contributed by atoms with Crippen LogP contribution in [0.1, 0.15) is 29.6 Å². The SMILES string of the molecule is O=C(NNC1=C(C(=O)C(F)(F)F)CCC1)c1ccccc1. The molecule has 0 spiro atoms. The van der Waals surface area contributed by atoms with Crippen LogP contribution in [-0.4, -0.2) is 17.9 Å². The summed E-state index contributed by atoms with van der Waals surface area (Å²) in [5, 5.41) is 0. The lowest BCUT2D eigenvalue weighted by Gasteiger charge is -2.12. The molecular weight excluding hydrogens is 285 g/mol. The average molecular weight is 298 g/mol. The summed E-state index contributed by atoms with van der Waals surface area (Å²) in [5.41, 5.74) is 4.94. The van der Waals surface area contributed by atoms with Gasteiger partial charge in [-0.15, -0.1) is 0 Å². The largest absolute Gasteiger partial charge is 0.454 e. The summed E-state index contributed by atoms with van der Waals surface area (Å²) in [6.07, 6.45) is -4.09. The number of hydrazine groups is 1. The lowest BCUT2D eigenvalue weighted by atomic mass is 10.1. The third-order valence-corrected chi connectivity index (χ3v) is 3.11. The van der Waals surface area contributed by atoms with Crippen LogP contribution in [0.5, 0.6) is 0 Å². The van der Waals surface area contributed by atoms with Crippen molar-refractivity contribution in [2.75, 3.05) is 0 Å². The number of alkyl halides is 3. The minimum Gasteiger partial charge on any atom is -0.302 e. The Balaban J connectivity index is 2.05. The maximum atomic E-state index is 12.4. The fourth-order valence-electron chi connectivity index (χ4n) is 2.10. The molecule has 1 amide bonds. The monoisotopic (exact) mass is 298 g/mol. The molecular formula is C14H13F3N2O2. The van der Waals surface area contributed by atoms with E-state index in [1.54, 1.807) is 30.3 Å². The van der Waals surface area contributed by atoms with Crippen molar-refractivity contribution >= 4 is 11.7 Å². The minimum absolute atomic E-state index is 0.0574. The molecule has 0 bridgehead atoms. The van der Waals surface area contributed by atoms with E-state index in [-0.39, 0.29) is 17.7 Å². The van der Waals surface area contributed by atoms with E-state index in [4.69, 9.17) is 0 Å². The van der Waals surface area contributed by atoms with Crippen LogP contribution in [0.25, 0.3) is 0 Å². The molecule has 0 saturated heterocycles. The molecule has 0 fully saturated rings. The van der Waals surface area contributed by atoms with Crippen molar-refractivity contribution in [2.45, 2.75) is 25.4 Å². The number of amides is 1. The van der Waals surface area contributed by atoms with Gasteiger partial charge in [-0.05, 0) is 31.4 Å². The molecule has 1 aliphatic carbocycles. The zero-order valence-corrected chi connectivity index (χ0v) is 11.0. The van der Waals surface area contributed by atoms with E-state index in [1.165, 1.54) is 0 Å². The van der Waals surface area contributed by atoms with E-state index in [1.807, 2.05) is 0 Å². The van der Waals surface area contributed by atoms with Crippen molar-refractivity contribution in [3.63, 3.8) is 0 Å². The highest BCUT2D eigenvalue weighted by molar-refractivity contribution is 6.00. The lowest BCUT2D eigenvalue weighted by molar-refractivity contribution is -0.166. The van der Waals surface area contributed by atoms with Crippen LogP contribution < -0.4 is 10.9 Å². The lowest BCUT2D eigenvalue weighted by Crippen LogP contribution is -2.38. The molecule has 4 nitrogen and oxygen atoms in total. The zero-order chi connectivity index (χ0) is 15.5. The van der Waals surface area contributed by atoms with Gasteiger partial charge in [0.2, 0.25) is 0 Å². The Bertz CT molecular complexity index is 580. The molecule has 1 aromatic carbocycles. The molecule has 112 valence electrons. The van der Waals surface area contributed by atoms with Gasteiger partial charge in [0.05, 0.1) is 0 Å². The number of nitrogens with one attached hydrogen (secondary N) is 2. The van der Waals surface area contributed by atoms with Crippen molar-refractivity contribution in [3.8, 4) is 0 Å². The van der Waals surface area contributed by atoms with E-state index in [9.17, 15) is 22.8 Å². The van der Waals surface area contributed by atoms with Crippen LogP contribution in [-0.2, 0) is 4.79 Å². The van der Waals surface area contributed by atoms with Crippen molar-refractivity contribution in [1.82, 2.24) is 10.9 Å². The van der Waals surface area contributed by atoms with Crippen molar-refractivity contribution in [1.29, 1.82) is 0 Å². The van der Waals surface area contributed by atoms with E-state index < -0.39 is 17.9 Å². The summed E-state index contributed by atoms with van der Waals surface area (Å²) < 4.78 is 37.3.